The summed E-state index contributed by atoms with van der Waals surface area (Å²) < 4.78 is 0. The van der Waals surface area contributed by atoms with Gasteiger partial charge in [0.15, 0.2) is 0 Å². The van der Waals surface area contributed by atoms with E-state index in [2.05, 4.69) is 19.1 Å². The van der Waals surface area contributed by atoms with Crippen molar-refractivity contribution in [2.24, 2.45) is 11.8 Å². The van der Waals surface area contributed by atoms with Crippen LogP contribution in [0.1, 0.15) is 51.9 Å². The van der Waals surface area contributed by atoms with Gasteiger partial charge in [0.25, 0.3) is 0 Å². The van der Waals surface area contributed by atoms with E-state index >= 15 is 0 Å². The number of carbonyl (C=O) groups is 2. The van der Waals surface area contributed by atoms with Crippen LogP contribution in [-0.4, -0.2) is 39.3 Å². The largest absolute Gasteiger partial charge is 0.481 e. The van der Waals surface area contributed by atoms with E-state index in [-0.39, 0.29) is 24.5 Å². The molecule has 0 radical (unpaired) electrons. The van der Waals surface area contributed by atoms with Gasteiger partial charge < -0.3 is 15.3 Å². The van der Waals surface area contributed by atoms with E-state index in [1.165, 1.54) is 0 Å². The Labute approximate surface area is 161 Å². The maximum atomic E-state index is 12.1. The monoisotopic (exact) mass is 376 g/mol. The van der Waals surface area contributed by atoms with Crippen molar-refractivity contribution >= 4 is 11.8 Å². The van der Waals surface area contributed by atoms with Gasteiger partial charge in [0.05, 0.1) is 12.2 Å². The Morgan fingerprint density at radius 2 is 1.93 bits per heavy atom. The number of allylic oxidation sites excluding steroid dienone is 6. The molecule has 3 N–H and O–H groups in total. The number of aliphatic hydroxyl groups excluding tert-OH is 2. The average Bonchev–Trinajstić information content (AvgIpc) is 2.88. The van der Waals surface area contributed by atoms with E-state index in [0.717, 1.165) is 12.8 Å². The summed E-state index contributed by atoms with van der Waals surface area (Å²) in [5.41, 5.74) is 0. The Hall–Kier alpha value is -1.98. The molecule has 1 aliphatic rings. The van der Waals surface area contributed by atoms with Gasteiger partial charge in [0.1, 0.15) is 5.78 Å². The highest BCUT2D eigenvalue weighted by Crippen LogP contribution is 2.33. The minimum absolute atomic E-state index is 0.0184. The number of carboxylic acid groups (broad SMARTS) is 1. The molecule has 27 heavy (non-hydrogen) atoms. The van der Waals surface area contributed by atoms with Gasteiger partial charge in [0, 0.05) is 24.7 Å². The first-order valence-electron chi connectivity index (χ1n) is 9.69. The van der Waals surface area contributed by atoms with Crippen molar-refractivity contribution < 1.29 is 24.9 Å². The van der Waals surface area contributed by atoms with Gasteiger partial charge in [-0.15, -0.1) is 0 Å². The number of carbonyl (C=O) groups excluding carboxylic acids is 1. The Bertz CT molecular complexity index is 573. The van der Waals surface area contributed by atoms with Crippen molar-refractivity contribution in [3.63, 3.8) is 0 Å². The molecule has 0 aliphatic heterocycles. The summed E-state index contributed by atoms with van der Waals surface area (Å²) in [6.45, 7) is 2.08. The summed E-state index contributed by atoms with van der Waals surface area (Å²) in [6.07, 6.45) is 17.2. The molecule has 5 heteroatoms. The fraction of sp³-hybridized carbons (Fsp3) is 0.545. The van der Waals surface area contributed by atoms with E-state index in [1.807, 2.05) is 18.2 Å². The fourth-order valence-electron chi connectivity index (χ4n) is 3.10. The predicted molar refractivity (Wildman–Crippen MR) is 106 cm³/mol. The average molecular weight is 376 g/mol. The van der Waals surface area contributed by atoms with Crippen LogP contribution in [0.3, 0.4) is 0 Å². The number of aliphatic hydroxyl groups is 2. The number of ketones is 1. The topological polar surface area (TPSA) is 94.8 Å². The molecule has 4 atom stereocenters. The zero-order chi connectivity index (χ0) is 20.1. The Morgan fingerprint density at radius 1 is 1.19 bits per heavy atom. The normalized spacial score (nSPS) is 24.9. The standard InChI is InChI=1S/C22H32O5/c1-2-3-4-5-6-8-11-17(23)14-15-19-18(20(24)16-21(19)25)12-9-7-10-13-22(26)27/h3-4,6-9,14-15,17-20,23-24H,2,5,10-13,16H2,1H3,(H,26,27)/b4-3-,8-6-,9-7-,15-14+/t17-,18-,19+,20+/m1/s1. The molecular weight excluding hydrogens is 344 g/mol. The fourth-order valence-corrected chi connectivity index (χ4v) is 3.10. The lowest BCUT2D eigenvalue weighted by molar-refractivity contribution is -0.136. The van der Waals surface area contributed by atoms with Crippen LogP contribution >= 0.6 is 0 Å². The van der Waals surface area contributed by atoms with Crippen molar-refractivity contribution in [3.8, 4) is 0 Å². The summed E-state index contributed by atoms with van der Waals surface area (Å²) in [4.78, 5) is 22.6. The Kier molecular flexibility index (Phi) is 11.3. The number of carboxylic acids is 1. The van der Waals surface area contributed by atoms with Crippen LogP contribution < -0.4 is 0 Å². The molecule has 150 valence electrons. The highest BCUT2D eigenvalue weighted by Gasteiger charge is 2.39. The van der Waals surface area contributed by atoms with Gasteiger partial charge in [0.2, 0.25) is 0 Å². The molecule has 0 bridgehead atoms. The van der Waals surface area contributed by atoms with Gasteiger partial charge in [-0.1, -0.05) is 55.5 Å². The summed E-state index contributed by atoms with van der Waals surface area (Å²) >= 11 is 0. The minimum atomic E-state index is -0.846. The molecule has 0 amide bonds. The first-order valence-corrected chi connectivity index (χ1v) is 9.69. The van der Waals surface area contributed by atoms with Crippen molar-refractivity contribution in [1.29, 1.82) is 0 Å². The Balaban J connectivity index is 2.50. The van der Waals surface area contributed by atoms with Crippen LogP contribution in [0.15, 0.2) is 48.6 Å². The summed E-state index contributed by atoms with van der Waals surface area (Å²) in [5.74, 6) is -1.50. The summed E-state index contributed by atoms with van der Waals surface area (Å²) in [5, 5.41) is 28.8. The smallest absolute Gasteiger partial charge is 0.303 e. The van der Waals surface area contributed by atoms with Crippen molar-refractivity contribution in [1.82, 2.24) is 0 Å². The first-order chi connectivity index (χ1) is 13.0. The maximum absolute atomic E-state index is 12.1. The SMILES string of the molecule is CC/C=C\C/C=C\C[C@@H](O)/C=C/[C@@H]1C(=O)C[C@H](O)[C@@H]1C/C=C\CCC(=O)O. The van der Waals surface area contributed by atoms with E-state index < -0.39 is 24.1 Å². The molecule has 0 heterocycles. The predicted octanol–water partition coefficient (Wildman–Crippen LogP) is 3.58. The molecule has 0 aromatic carbocycles. The zero-order valence-electron chi connectivity index (χ0n) is 16.0. The highest BCUT2D eigenvalue weighted by molar-refractivity contribution is 5.86. The van der Waals surface area contributed by atoms with Crippen molar-refractivity contribution in [2.75, 3.05) is 0 Å². The van der Waals surface area contributed by atoms with Crippen LogP contribution in [0.2, 0.25) is 0 Å². The first kappa shape index (κ1) is 23.1. The number of aliphatic carboxylic acids is 1. The van der Waals surface area contributed by atoms with Gasteiger partial charge in [-0.05, 0) is 32.1 Å². The van der Waals surface area contributed by atoms with E-state index in [9.17, 15) is 19.8 Å². The summed E-state index contributed by atoms with van der Waals surface area (Å²) in [7, 11) is 0. The van der Waals surface area contributed by atoms with Crippen molar-refractivity contribution in [2.45, 2.75) is 64.1 Å². The third kappa shape index (κ3) is 9.50. The lowest BCUT2D eigenvalue weighted by Crippen LogP contribution is -2.19. The van der Waals surface area contributed by atoms with Crippen molar-refractivity contribution in [3.05, 3.63) is 48.6 Å². The second-order valence-corrected chi connectivity index (χ2v) is 6.84. The molecular formula is C22H32O5. The van der Waals surface area contributed by atoms with Crippen LogP contribution in [0.4, 0.5) is 0 Å². The molecule has 1 aliphatic carbocycles. The molecule has 1 fully saturated rings. The third-order valence-electron chi connectivity index (χ3n) is 4.60. The highest BCUT2D eigenvalue weighted by atomic mass is 16.4. The Morgan fingerprint density at radius 3 is 2.63 bits per heavy atom. The van der Waals surface area contributed by atoms with E-state index in [4.69, 9.17) is 5.11 Å². The van der Waals surface area contributed by atoms with Gasteiger partial charge in [-0.25, -0.2) is 0 Å². The van der Waals surface area contributed by atoms with Crippen LogP contribution in [0, 0.1) is 11.8 Å². The maximum Gasteiger partial charge on any atom is 0.303 e. The molecule has 0 saturated heterocycles. The lowest BCUT2D eigenvalue weighted by Gasteiger charge is -2.16. The summed E-state index contributed by atoms with van der Waals surface area (Å²) in [6, 6.07) is 0. The molecule has 1 saturated carbocycles. The molecule has 0 spiro atoms. The second kappa shape index (κ2) is 13.2. The van der Waals surface area contributed by atoms with Gasteiger partial charge in [-0.3, -0.25) is 9.59 Å². The molecule has 0 aromatic heterocycles. The van der Waals surface area contributed by atoms with Crippen LogP contribution in [0.25, 0.3) is 0 Å². The third-order valence-corrected chi connectivity index (χ3v) is 4.60. The van der Waals surface area contributed by atoms with Crippen LogP contribution in [-0.2, 0) is 9.59 Å². The number of Topliss-reactive ketones (excluding diaryl/α,β-unsaturated/α-hetero) is 1. The molecule has 0 aromatic rings. The van der Waals surface area contributed by atoms with E-state index in [0.29, 0.717) is 19.3 Å². The minimum Gasteiger partial charge on any atom is -0.481 e. The van der Waals surface area contributed by atoms with E-state index in [1.54, 1.807) is 18.2 Å². The zero-order valence-corrected chi connectivity index (χ0v) is 16.0. The number of hydrogen-bond donors (Lipinski definition) is 3. The van der Waals surface area contributed by atoms with Crippen LogP contribution in [0.5, 0.6) is 0 Å². The number of rotatable bonds is 12. The quantitative estimate of drug-likeness (QED) is 0.453. The molecule has 5 nitrogen and oxygen atoms in total. The van der Waals surface area contributed by atoms with Gasteiger partial charge >= 0.3 is 5.97 Å². The second-order valence-electron chi connectivity index (χ2n) is 6.84. The number of hydrogen-bond acceptors (Lipinski definition) is 4. The molecule has 0 unspecified atom stereocenters. The lowest BCUT2D eigenvalue weighted by atomic mass is 9.90. The molecule has 1 rings (SSSR count). The van der Waals surface area contributed by atoms with Gasteiger partial charge in [-0.2, -0.15) is 0 Å².